The molecular weight excluding hydrogens is 141 g/mol. The molecule has 0 radical (unpaired) electrons. The molecule has 1 aliphatic rings. The van der Waals surface area contributed by atoms with Crippen LogP contribution in [0.5, 0.6) is 0 Å². The van der Waals surface area contributed by atoms with Crippen LogP contribution in [0.2, 0.25) is 0 Å². The zero-order chi connectivity index (χ0) is 6.97. The summed E-state index contributed by atoms with van der Waals surface area (Å²) in [5, 5.41) is 0. The molecule has 1 nitrogen and oxygen atoms in total. The van der Waals surface area contributed by atoms with Crippen LogP contribution in [0.4, 0.5) is 0 Å². The highest BCUT2D eigenvalue weighted by Crippen LogP contribution is 2.24. The molecule has 0 N–H and O–H groups in total. The van der Waals surface area contributed by atoms with Crippen molar-refractivity contribution >= 4 is 9.39 Å². The van der Waals surface area contributed by atoms with Crippen LogP contribution in [0.1, 0.15) is 11.1 Å². The van der Waals surface area contributed by atoms with Crippen molar-refractivity contribution in [1.29, 1.82) is 0 Å². The Morgan fingerprint density at radius 3 is 2.10 bits per heavy atom. The van der Waals surface area contributed by atoms with Gasteiger partial charge in [0.15, 0.2) is 0 Å². The van der Waals surface area contributed by atoms with E-state index >= 15 is 0 Å². The van der Waals surface area contributed by atoms with Crippen LogP contribution in [0.15, 0.2) is 24.3 Å². The lowest BCUT2D eigenvalue weighted by Crippen LogP contribution is -1.97. The minimum atomic E-state index is 1.08. The molecule has 2 rings (SSSR count). The smallest absolute Gasteiger partial charge is 0.0274 e. The molecule has 0 saturated carbocycles. The molecule has 1 aromatic rings. The first-order valence-electron chi connectivity index (χ1n) is 3.43. The number of rotatable bonds is 0. The molecule has 0 bridgehead atoms. The summed E-state index contributed by atoms with van der Waals surface area (Å²) in [6, 6.07) is 8.59. The molecule has 1 atom stereocenters. The summed E-state index contributed by atoms with van der Waals surface area (Å²) >= 11 is 0. The van der Waals surface area contributed by atoms with E-state index in [2.05, 4.69) is 38.3 Å². The van der Waals surface area contributed by atoms with Crippen molar-refractivity contribution in [3.8, 4) is 0 Å². The van der Waals surface area contributed by atoms with Crippen molar-refractivity contribution in [2.45, 2.75) is 13.1 Å². The third-order valence-electron chi connectivity index (χ3n) is 1.87. The zero-order valence-electron chi connectivity index (χ0n) is 5.75. The topological polar surface area (TPSA) is 3.24 Å². The maximum atomic E-state index is 2.73. The van der Waals surface area contributed by atoms with E-state index in [0.29, 0.717) is 0 Å². The molecular formula is C8H10NP. The highest BCUT2D eigenvalue weighted by molar-refractivity contribution is 7.13. The summed E-state index contributed by atoms with van der Waals surface area (Å²) in [4.78, 5) is 0. The van der Waals surface area contributed by atoms with Gasteiger partial charge in [0.1, 0.15) is 0 Å². The zero-order valence-corrected chi connectivity index (χ0v) is 6.90. The summed E-state index contributed by atoms with van der Waals surface area (Å²) in [5.74, 6) is 0. The van der Waals surface area contributed by atoms with E-state index in [4.69, 9.17) is 0 Å². The van der Waals surface area contributed by atoms with Gasteiger partial charge in [0.05, 0.1) is 0 Å². The molecule has 0 aliphatic carbocycles. The Kier molecular flexibility index (Phi) is 1.48. The van der Waals surface area contributed by atoms with Gasteiger partial charge in [0.2, 0.25) is 0 Å². The van der Waals surface area contributed by atoms with Gasteiger partial charge in [0, 0.05) is 13.1 Å². The fourth-order valence-corrected chi connectivity index (χ4v) is 1.75. The first kappa shape index (κ1) is 6.33. The molecule has 2 heteroatoms. The Bertz CT molecular complexity index is 222. The van der Waals surface area contributed by atoms with Gasteiger partial charge in [-0.1, -0.05) is 33.7 Å². The summed E-state index contributed by atoms with van der Waals surface area (Å²) in [5.41, 5.74) is 2.94. The van der Waals surface area contributed by atoms with Crippen molar-refractivity contribution in [2.24, 2.45) is 0 Å². The fourth-order valence-electron chi connectivity index (χ4n) is 1.36. The lowest BCUT2D eigenvalue weighted by atomic mass is 10.1. The predicted octanol–water partition coefficient (Wildman–Crippen LogP) is 1.79. The summed E-state index contributed by atoms with van der Waals surface area (Å²) < 4.78 is 2.24. The number of fused-ring (bicyclic) bond motifs is 1. The first-order valence-corrected chi connectivity index (χ1v) is 3.94. The number of benzene rings is 1. The molecule has 1 heterocycles. The van der Waals surface area contributed by atoms with E-state index in [0.717, 1.165) is 13.1 Å². The van der Waals surface area contributed by atoms with Crippen LogP contribution >= 0.6 is 9.39 Å². The molecule has 1 aromatic carbocycles. The maximum absolute atomic E-state index is 2.73. The highest BCUT2D eigenvalue weighted by atomic mass is 31.0. The van der Waals surface area contributed by atoms with E-state index in [-0.39, 0.29) is 0 Å². The Morgan fingerprint density at radius 1 is 1.10 bits per heavy atom. The average molecular weight is 151 g/mol. The largest absolute Gasteiger partial charge is 0.279 e. The van der Waals surface area contributed by atoms with Gasteiger partial charge in [-0.3, -0.25) is 4.67 Å². The van der Waals surface area contributed by atoms with E-state index in [9.17, 15) is 0 Å². The SMILES string of the molecule is PN1Cc2ccccc2C1. The molecule has 0 fully saturated rings. The van der Waals surface area contributed by atoms with E-state index in [1.165, 1.54) is 11.1 Å². The van der Waals surface area contributed by atoms with E-state index in [1.807, 2.05) is 0 Å². The minimum Gasteiger partial charge on any atom is -0.279 e. The summed E-state index contributed by atoms with van der Waals surface area (Å²) in [7, 11) is 2.73. The lowest BCUT2D eigenvalue weighted by molar-refractivity contribution is 0.508. The molecule has 1 unspecified atom stereocenters. The second kappa shape index (κ2) is 2.34. The lowest BCUT2D eigenvalue weighted by Gasteiger charge is -2.02. The van der Waals surface area contributed by atoms with Gasteiger partial charge in [-0.05, 0) is 11.1 Å². The minimum absolute atomic E-state index is 1.08. The molecule has 0 amide bonds. The summed E-state index contributed by atoms with van der Waals surface area (Å²) in [6.07, 6.45) is 0. The van der Waals surface area contributed by atoms with Gasteiger partial charge < -0.3 is 0 Å². The van der Waals surface area contributed by atoms with E-state index in [1.54, 1.807) is 0 Å². The van der Waals surface area contributed by atoms with Crippen LogP contribution in [-0.2, 0) is 13.1 Å². The molecule has 10 heavy (non-hydrogen) atoms. The van der Waals surface area contributed by atoms with Crippen molar-refractivity contribution < 1.29 is 0 Å². The Balaban J connectivity index is 2.42. The van der Waals surface area contributed by atoms with Crippen LogP contribution in [0.25, 0.3) is 0 Å². The second-order valence-electron chi connectivity index (χ2n) is 2.67. The Morgan fingerprint density at radius 2 is 1.60 bits per heavy atom. The van der Waals surface area contributed by atoms with Crippen molar-refractivity contribution in [2.75, 3.05) is 0 Å². The van der Waals surface area contributed by atoms with Crippen LogP contribution in [0, 0.1) is 0 Å². The van der Waals surface area contributed by atoms with Crippen molar-refractivity contribution in [1.82, 2.24) is 4.67 Å². The maximum Gasteiger partial charge on any atom is 0.0274 e. The summed E-state index contributed by atoms with van der Waals surface area (Å²) in [6.45, 7) is 2.17. The number of hydrogen-bond acceptors (Lipinski definition) is 1. The van der Waals surface area contributed by atoms with Crippen molar-refractivity contribution in [3.05, 3.63) is 35.4 Å². The van der Waals surface area contributed by atoms with Gasteiger partial charge >= 0.3 is 0 Å². The standard InChI is InChI=1S/C8H10NP/c10-9-5-7-3-1-2-4-8(7)6-9/h1-4H,5-6,10H2. The second-order valence-corrected chi connectivity index (χ2v) is 3.40. The molecule has 0 saturated heterocycles. The quantitative estimate of drug-likeness (QED) is 0.511. The monoisotopic (exact) mass is 151 g/mol. The number of nitrogens with zero attached hydrogens (tertiary/aromatic N) is 1. The van der Waals surface area contributed by atoms with Gasteiger partial charge in [-0.25, -0.2) is 0 Å². The molecule has 52 valence electrons. The van der Waals surface area contributed by atoms with Gasteiger partial charge in [-0.15, -0.1) is 0 Å². The predicted molar refractivity (Wildman–Crippen MR) is 45.4 cm³/mol. The highest BCUT2D eigenvalue weighted by Gasteiger charge is 2.13. The third kappa shape index (κ3) is 0.960. The average Bonchev–Trinajstić information content (AvgIpc) is 2.27. The van der Waals surface area contributed by atoms with Crippen molar-refractivity contribution in [3.63, 3.8) is 0 Å². The van der Waals surface area contributed by atoms with Gasteiger partial charge in [0.25, 0.3) is 0 Å². The fraction of sp³-hybridized carbons (Fsp3) is 0.250. The Hall–Kier alpha value is -0.390. The third-order valence-corrected chi connectivity index (χ3v) is 2.23. The van der Waals surface area contributed by atoms with E-state index < -0.39 is 0 Å². The van der Waals surface area contributed by atoms with Crippen LogP contribution in [0.3, 0.4) is 0 Å². The molecule has 0 spiro atoms. The Labute approximate surface area is 63.3 Å². The van der Waals surface area contributed by atoms with Crippen LogP contribution < -0.4 is 0 Å². The molecule has 0 aromatic heterocycles. The molecule has 1 aliphatic heterocycles. The first-order chi connectivity index (χ1) is 4.86. The normalized spacial score (nSPS) is 17.3. The van der Waals surface area contributed by atoms with Gasteiger partial charge in [-0.2, -0.15) is 0 Å². The number of hydrogen-bond donors (Lipinski definition) is 0. The van der Waals surface area contributed by atoms with Crippen LogP contribution in [-0.4, -0.2) is 4.67 Å².